The van der Waals surface area contributed by atoms with Crippen LogP contribution in [0.15, 0.2) is 24.3 Å². The first kappa shape index (κ1) is 11.5. The Bertz CT molecular complexity index is 318. The van der Waals surface area contributed by atoms with E-state index in [4.69, 9.17) is 0 Å². The highest BCUT2D eigenvalue weighted by Gasteiger charge is 2.21. The first-order chi connectivity index (χ1) is 7.66. The molecule has 16 heavy (non-hydrogen) atoms. The quantitative estimate of drug-likeness (QED) is 0.727. The highest BCUT2D eigenvalue weighted by molar-refractivity contribution is 5.47. The van der Waals surface area contributed by atoms with Gasteiger partial charge in [-0.05, 0) is 43.7 Å². The van der Waals surface area contributed by atoms with Crippen LogP contribution in [0.4, 0.5) is 5.69 Å². The lowest BCUT2D eigenvalue weighted by Gasteiger charge is -2.35. The van der Waals surface area contributed by atoms with Crippen LogP contribution in [-0.2, 0) is 0 Å². The van der Waals surface area contributed by atoms with E-state index in [0.717, 1.165) is 11.8 Å². The third-order valence-corrected chi connectivity index (χ3v) is 3.88. The van der Waals surface area contributed by atoms with Crippen molar-refractivity contribution in [1.82, 2.24) is 0 Å². The van der Waals surface area contributed by atoms with Crippen LogP contribution < -0.4 is 4.90 Å². The zero-order chi connectivity index (χ0) is 11.5. The van der Waals surface area contributed by atoms with Crippen LogP contribution in [0.25, 0.3) is 0 Å². The molecular weight excluding hydrogens is 194 g/mol. The monoisotopic (exact) mass is 217 g/mol. The number of aryl methyl sites for hydroxylation is 1. The van der Waals surface area contributed by atoms with E-state index in [9.17, 15) is 0 Å². The van der Waals surface area contributed by atoms with Crippen LogP contribution in [0.2, 0.25) is 0 Å². The van der Waals surface area contributed by atoms with E-state index in [0.29, 0.717) is 0 Å². The van der Waals surface area contributed by atoms with Crippen molar-refractivity contribution in [2.75, 3.05) is 18.0 Å². The van der Waals surface area contributed by atoms with E-state index in [1.54, 1.807) is 0 Å². The van der Waals surface area contributed by atoms with Crippen molar-refractivity contribution in [3.05, 3.63) is 29.8 Å². The fourth-order valence-corrected chi connectivity index (χ4v) is 2.58. The van der Waals surface area contributed by atoms with Gasteiger partial charge in [-0.3, -0.25) is 0 Å². The summed E-state index contributed by atoms with van der Waals surface area (Å²) in [7, 11) is 0. The van der Waals surface area contributed by atoms with Crippen LogP contribution in [0.1, 0.15) is 32.3 Å². The smallest absolute Gasteiger partial charge is 0.0366 e. The second-order valence-corrected chi connectivity index (χ2v) is 5.40. The van der Waals surface area contributed by atoms with Crippen LogP contribution in [0, 0.1) is 18.8 Å². The lowest BCUT2D eigenvalue weighted by atomic mass is 9.86. The van der Waals surface area contributed by atoms with Gasteiger partial charge in [0.1, 0.15) is 0 Å². The Balaban J connectivity index is 1.96. The molecule has 0 N–H and O–H groups in total. The van der Waals surface area contributed by atoms with E-state index >= 15 is 0 Å². The summed E-state index contributed by atoms with van der Waals surface area (Å²) >= 11 is 0. The molecule has 1 aliphatic heterocycles. The summed E-state index contributed by atoms with van der Waals surface area (Å²) in [5, 5.41) is 0. The predicted molar refractivity (Wildman–Crippen MR) is 71.0 cm³/mol. The second kappa shape index (κ2) is 4.90. The molecule has 0 saturated carbocycles. The van der Waals surface area contributed by atoms with Crippen LogP contribution in [-0.4, -0.2) is 13.1 Å². The Morgan fingerprint density at radius 3 is 2.12 bits per heavy atom. The lowest BCUT2D eigenvalue weighted by molar-refractivity contribution is 0.311. The van der Waals surface area contributed by atoms with Gasteiger partial charge in [0.25, 0.3) is 0 Å². The number of anilines is 1. The van der Waals surface area contributed by atoms with Gasteiger partial charge in [-0.1, -0.05) is 31.5 Å². The molecule has 1 fully saturated rings. The normalized spacial score (nSPS) is 18.1. The molecule has 1 heteroatoms. The van der Waals surface area contributed by atoms with Crippen LogP contribution >= 0.6 is 0 Å². The Morgan fingerprint density at radius 2 is 1.62 bits per heavy atom. The van der Waals surface area contributed by atoms with E-state index in [1.165, 1.54) is 37.2 Å². The summed E-state index contributed by atoms with van der Waals surface area (Å²) in [5.41, 5.74) is 2.74. The van der Waals surface area contributed by atoms with Crippen molar-refractivity contribution in [2.24, 2.45) is 11.8 Å². The summed E-state index contributed by atoms with van der Waals surface area (Å²) in [6.07, 6.45) is 2.71. The van der Waals surface area contributed by atoms with Crippen LogP contribution in [0.5, 0.6) is 0 Å². The SMILES string of the molecule is Cc1ccc(N2CCC(C(C)C)CC2)cc1. The van der Waals surface area contributed by atoms with Gasteiger partial charge < -0.3 is 4.90 Å². The van der Waals surface area contributed by atoms with Crippen molar-refractivity contribution < 1.29 is 0 Å². The topological polar surface area (TPSA) is 3.24 Å². The molecule has 1 aromatic rings. The maximum absolute atomic E-state index is 2.53. The number of benzene rings is 1. The summed E-state index contributed by atoms with van der Waals surface area (Å²) in [4.78, 5) is 2.53. The molecule has 0 aliphatic carbocycles. The van der Waals surface area contributed by atoms with Gasteiger partial charge in [-0.25, -0.2) is 0 Å². The van der Waals surface area contributed by atoms with E-state index in [2.05, 4.69) is 49.9 Å². The third-order valence-electron chi connectivity index (χ3n) is 3.88. The van der Waals surface area contributed by atoms with Gasteiger partial charge in [0.2, 0.25) is 0 Å². The summed E-state index contributed by atoms with van der Waals surface area (Å²) < 4.78 is 0. The largest absolute Gasteiger partial charge is 0.372 e. The molecule has 1 saturated heterocycles. The van der Waals surface area contributed by atoms with Gasteiger partial charge in [0, 0.05) is 18.8 Å². The van der Waals surface area contributed by atoms with Gasteiger partial charge in [0.15, 0.2) is 0 Å². The first-order valence-corrected chi connectivity index (χ1v) is 6.48. The Kier molecular flexibility index (Phi) is 3.52. The van der Waals surface area contributed by atoms with Gasteiger partial charge >= 0.3 is 0 Å². The average Bonchev–Trinajstić information content (AvgIpc) is 2.30. The van der Waals surface area contributed by atoms with Crippen molar-refractivity contribution in [2.45, 2.75) is 33.6 Å². The second-order valence-electron chi connectivity index (χ2n) is 5.40. The van der Waals surface area contributed by atoms with Crippen molar-refractivity contribution in [1.29, 1.82) is 0 Å². The number of piperidine rings is 1. The number of rotatable bonds is 2. The Morgan fingerprint density at radius 1 is 1.06 bits per heavy atom. The van der Waals surface area contributed by atoms with Gasteiger partial charge in [-0.2, -0.15) is 0 Å². The van der Waals surface area contributed by atoms with Crippen molar-refractivity contribution in [3.63, 3.8) is 0 Å². The molecule has 88 valence electrons. The molecule has 2 rings (SSSR count). The standard InChI is InChI=1S/C15H23N/c1-12(2)14-8-10-16(11-9-14)15-6-4-13(3)5-7-15/h4-7,12,14H,8-11H2,1-3H3. The molecule has 0 unspecified atom stereocenters. The summed E-state index contributed by atoms with van der Waals surface area (Å²) in [6, 6.07) is 8.93. The maximum Gasteiger partial charge on any atom is 0.0366 e. The molecule has 0 atom stereocenters. The minimum atomic E-state index is 0.847. The van der Waals surface area contributed by atoms with E-state index in [1.807, 2.05) is 0 Å². The Hall–Kier alpha value is -0.980. The third kappa shape index (κ3) is 2.58. The highest BCUT2D eigenvalue weighted by atomic mass is 15.1. The molecule has 1 aromatic carbocycles. The lowest BCUT2D eigenvalue weighted by Crippen LogP contribution is -2.35. The van der Waals surface area contributed by atoms with E-state index < -0.39 is 0 Å². The number of hydrogen-bond acceptors (Lipinski definition) is 1. The highest BCUT2D eigenvalue weighted by Crippen LogP contribution is 2.27. The summed E-state index contributed by atoms with van der Waals surface area (Å²) in [5.74, 6) is 1.78. The first-order valence-electron chi connectivity index (χ1n) is 6.48. The fraction of sp³-hybridized carbons (Fsp3) is 0.600. The molecule has 1 heterocycles. The molecule has 0 aromatic heterocycles. The van der Waals surface area contributed by atoms with Gasteiger partial charge in [0.05, 0.1) is 0 Å². The molecule has 1 aliphatic rings. The predicted octanol–water partition coefficient (Wildman–Crippen LogP) is 3.87. The summed E-state index contributed by atoms with van der Waals surface area (Å²) in [6.45, 7) is 9.31. The van der Waals surface area contributed by atoms with E-state index in [-0.39, 0.29) is 0 Å². The Labute approximate surface area is 99.5 Å². The number of nitrogens with zero attached hydrogens (tertiary/aromatic N) is 1. The minimum Gasteiger partial charge on any atom is -0.372 e. The van der Waals surface area contributed by atoms with Crippen molar-refractivity contribution >= 4 is 5.69 Å². The minimum absolute atomic E-state index is 0.847. The van der Waals surface area contributed by atoms with Crippen LogP contribution in [0.3, 0.4) is 0 Å². The van der Waals surface area contributed by atoms with Gasteiger partial charge in [-0.15, -0.1) is 0 Å². The average molecular weight is 217 g/mol. The molecule has 0 amide bonds. The van der Waals surface area contributed by atoms with Crippen molar-refractivity contribution in [3.8, 4) is 0 Å². The molecule has 0 bridgehead atoms. The maximum atomic E-state index is 2.53. The molecule has 1 nitrogen and oxygen atoms in total. The molecular formula is C15H23N. The zero-order valence-electron chi connectivity index (χ0n) is 10.7. The zero-order valence-corrected chi connectivity index (χ0v) is 10.7. The fourth-order valence-electron chi connectivity index (χ4n) is 2.58. The number of hydrogen-bond donors (Lipinski definition) is 0. The molecule has 0 spiro atoms. The molecule has 0 radical (unpaired) electrons.